The van der Waals surface area contributed by atoms with Gasteiger partial charge in [0.05, 0.1) is 36.4 Å². The minimum Gasteiger partial charge on any atom is -0.474 e. The van der Waals surface area contributed by atoms with E-state index in [4.69, 9.17) is 26.1 Å². The second-order valence-electron chi connectivity index (χ2n) is 10.1. The molecule has 5 heterocycles. The number of nitriles is 1. The Bertz CT molecular complexity index is 1520. The first kappa shape index (κ1) is 25.7. The van der Waals surface area contributed by atoms with Gasteiger partial charge in [-0.05, 0) is 43.0 Å². The summed E-state index contributed by atoms with van der Waals surface area (Å²) in [6.07, 6.45) is 5.13. The lowest BCUT2D eigenvalue weighted by atomic mass is 10.1. The number of hydrogen-bond acceptors (Lipinski definition) is 7. The number of fused-ring (bicyclic) bond motifs is 1. The molecule has 0 bridgehead atoms. The van der Waals surface area contributed by atoms with E-state index in [2.05, 4.69) is 25.5 Å². The van der Waals surface area contributed by atoms with Gasteiger partial charge in [0, 0.05) is 49.0 Å². The standard InChI is InChI=1S/C29H28ClFN6O2/c30-20-5-4-19(25(31)13-20)12-21-2-1-3-29(34-21)39-23-6-9-36(10-7-23)18-28-35-26-14-22(15-32)33-16-27(26)37(28)17-24-8-11-38-24/h1-5,13-14,16,23-24H,6-12,17-18H2/t24-/m0/s1. The number of piperidine rings is 1. The molecule has 4 aromatic rings. The molecule has 1 aromatic carbocycles. The number of hydrogen-bond donors (Lipinski definition) is 0. The molecule has 0 amide bonds. The Morgan fingerprint density at radius 3 is 2.72 bits per heavy atom. The van der Waals surface area contributed by atoms with Crippen molar-refractivity contribution in [3.63, 3.8) is 0 Å². The lowest BCUT2D eigenvalue weighted by Crippen LogP contribution is -2.39. The smallest absolute Gasteiger partial charge is 0.213 e. The monoisotopic (exact) mass is 546 g/mol. The number of ether oxygens (including phenoxy) is 2. The minimum atomic E-state index is -0.335. The van der Waals surface area contributed by atoms with E-state index in [1.54, 1.807) is 24.4 Å². The Morgan fingerprint density at radius 1 is 1.13 bits per heavy atom. The van der Waals surface area contributed by atoms with Gasteiger partial charge in [-0.2, -0.15) is 5.26 Å². The van der Waals surface area contributed by atoms with Gasteiger partial charge in [-0.15, -0.1) is 0 Å². The second kappa shape index (κ2) is 11.3. The summed E-state index contributed by atoms with van der Waals surface area (Å²) in [5.74, 6) is 1.18. The van der Waals surface area contributed by atoms with E-state index in [1.807, 2.05) is 18.2 Å². The third-order valence-electron chi connectivity index (χ3n) is 7.36. The number of aromatic nitrogens is 4. The Morgan fingerprint density at radius 2 is 1.97 bits per heavy atom. The molecule has 0 aliphatic carbocycles. The molecule has 0 radical (unpaired) electrons. The molecule has 10 heteroatoms. The first-order valence-electron chi connectivity index (χ1n) is 13.2. The Kier molecular flexibility index (Phi) is 7.42. The molecule has 2 saturated heterocycles. The van der Waals surface area contributed by atoms with Gasteiger partial charge in [-0.3, -0.25) is 4.90 Å². The summed E-state index contributed by atoms with van der Waals surface area (Å²) in [5.41, 5.74) is 3.38. The van der Waals surface area contributed by atoms with Crippen molar-refractivity contribution in [2.45, 2.75) is 51.0 Å². The largest absolute Gasteiger partial charge is 0.474 e. The van der Waals surface area contributed by atoms with Crippen LogP contribution in [0, 0.1) is 17.1 Å². The maximum Gasteiger partial charge on any atom is 0.213 e. The quantitative estimate of drug-likeness (QED) is 0.310. The maximum atomic E-state index is 14.2. The van der Waals surface area contributed by atoms with Crippen molar-refractivity contribution in [3.05, 3.63) is 82.3 Å². The third-order valence-corrected chi connectivity index (χ3v) is 7.60. The van der Waals surface area contributed by atoms with E-state index in [0.29, 0.717) is 35.1 Å². The first-order valence-corrected chi connectivity index (χ1v) is 13.6. The number of rotatable bonds is 8. The molecule has 2 fully saturated rings. The van der Waals surface area contributed by atoms with E-state index < -0.39 is 0 Å². The van der Waals surface area contributed by atoms with Gasteiger partial charge in [-0.25, -0.2) is 19.3 Å². The SMILES string of the molecule is N#Cc1cc2nc(CN3CCC(Oc4cccc(Cc5ccc(Cl)cc5F)n4)CC3)n(C[C@@H]3CCO3)c2cn1. The lowest BCUT2D eigenvalue weighted by molar-refractivity contribution is -0.0592. The van der Waals surface area contributed by atoms with E-state index in [-0.39, 0.29) is 18.0 Å². The molecule has 0 spiro atoms. The molecule has 0 N–H and O–H groups in total. The predicted octanol–water partition coefficient (Wildman–Crippen LogP) is 4.91. The fourth-order valence-corrected chi connectivity index (χ4v) is 5.29. The van der Waals surface area contributed by atoms with Crippen molar-refractivity contribution in [2.24, 2.45) is 0 Å². The summed E-state index contributed by atoms with van der Waals surface area (Å²) in [6, 6.07) is 14.2. The summed E-state index contributed by atoms with van der Waals surface area (Å²) in [6.45, 7) is 3.97. The molecule has 3 aromatic heterocycles. The topological polar surface area (TPSA) is 89.1 Å². The number of pyridine rings is 2. The van der Waals surface area contributed by atoms with E-state index in [9.17, 15) is 9.65 Å². The van der Waals surface area contributed by atoms with Crippen molar-refractivity contribution in [3.8, 4) is 11.9 Å². The lowest BCUT2D eigenvalue weighted by Gasteiger charge is -2.32. The highest BCUT2D eigenvalue weighted by Gasteiger charge is 2.26. The average Bonchev–Trinajstić information content (AvgIpc) is 3.25. The van der Waals surface area contributed by atoms with Crippen LogP contribution < -0.4 is 4.74 Å². The van der Waals surface area contributed by atoms with Gasteiger partial charge in [0.1, 0.15) is 29.5 Å². The predicted molar refractivity (Wildman–Crippen MR) is 144 cm³/mol. The van der Waals surface area contributed by atoms with Gasteiger partial charge in [-0.1, -0.05) is 23.7 Å². The molecule has 2 aliphatic rings. The number of halogens is 2. The van der Waals surface area contributed by atoms with E-state index >= 15 is 0 Å². The molecule has 200 valence electrons. The van der Waals surface area contributed by atoms with Gasteiger partial charge >= 0.3 is 0 Å². The van der Waals surface area contributed by atoms with Gasteiger partial charge < -0.3 is 14.0 Å². The summed E-state index contributed by atoms with van der Waals surface area (Å²) < 4.78 is 28.3. The maximum absolute atomic E-state index is 14.2. The van der Waals surface area contributed by atoms with Crippen LogP contribution in [0.4, 0.5) is 4.39 Å². The number of likely N-dealkylation sites (tertiary alicyclic amines) is 1. The van der Waals surface area contributed by atoms with Crippen LogP contribution in [-0.2, 0) is 24.2 Å². The molecule has 1 atom stereocenters. The van der Waals surface area contributed by atoms with Crippen LogP contribution in [0.15, 0.2) is 48.7 Å². The van der Waals surface area contributed by atoms with Crippen LogP contribution in [-0.4, -0.2) is 56.3 Å². The molecular formula is C29H28ClFN6O2. The molecule has 0 unspecified atom stereocenters. The molecule has 6 rings (SSSR count). The van der Waals surface area contributed by atoms with Crippen molar-refractivity contribution in [1.82, 2.24) is 24.4 Å². The summed E-state index contributed by atoms with van der Waals surface area (Å²) in [4.78, 5) is 16.1. The van der Waals surface area contributed by atoms with Crippen molar-refractivity contribution >= 4 is 22.6 Å². The number of imidazole rings is 1. The van der Waals surface area contributed by atoms with Crippen molar-refractivity contribution in [1.29, 1.82) is 5.26 Å². The average molecular weight is 547 g/mol. The minimum absolute atomic E-state index is 0.0563. The van der Waals surface area contributed by atoms with Crippen LogP contribution in [0.25, 0.3) is 11.0 Å². The zero-order chi connectivity index (χ0) is 26.8. The first-order chi connectivity index (χ1) is 19.0. The van der Waals surface area contributed by atoms with Crippen LogP contribution in [0.2, 0.25) is 5.02 Å². The molecule has 39 heavy (non-hydrogen) atoms. The number of benzene rings is 1. The van der Waals surface area contributed by atoms with E-state index in [0.717, 1.165) is 68.1 Å². The summed E-state index contributed by atoms with van der Waals surface area (Å²) in [5, 5.41) is 9.63. The van der Waals surface area contributed by atoms with Crippen LogP contribution >= 0.6 is 11.6 Å². The van der Waals surface area contributed by atoms with Crippen LogP contribution in [0.5, 0.6) is 5.88 Å². The zero-order valence-corrected chi connectivity index (χ0v) is 22.1. The molecule has 2 aliphatic heterocycles. The van der Waals surface area contributed by atoms with Crippen molar-refractivity contribution < 1.29 is 13.9 Å². The fourth-order valence-electron chi connectivity index (χ4n) is 5.13. The zero-order valence-electron chi connectivity index (χ0n) is 21.4. The highest BCUT2D eigenvalue weighted by molar-refractivity contribution is 6.30. The van der Waals surface area contributed by atoms with Gasteiger partial charge in [0.25, 0.3) is 0 Å². The normalized spacial score (nSPS) is 18.1. The Labute approximate surface area is 231 Å². The molecule has 0 saturated carbocycles. The van der Waals surface area contributed by atoms with E-state index in [1.165, 1.54) is 6.07 Å². The highest BCUT2D eigenvalue weighted by Crippen LogP contribution is 2.25. The van der Waals surface area contributed by atoms with Crippen LogP contribution in [0.1, 0.15) is 42.0 Å². The molecule has 8 nitrogen and oxygen atoms in total. The third kappa shape index (κ3) is 5.88. The van der Waals surface area contributed by atoms with Crippen molar-refractivity contribution in [2.75, 3.05) is 19.7 Å². The summed E-state index contributed by atoms with van der Waals surface area (Å²) in [7, 11) is 0. The fraction of sp³-hybridized carbons (Fsp3) is 0.379. The highest BCUT2D eigenvalue weighted by atomic mass is 35.5. The second-order valence-corrected chi connectivity index (χ2v) is 10.5. The van der Waals surface area contributed by atoms with Gasteiger partial charge in [0.2, 0.25) is 5.88 Å². The molecular weight excluding hydrogens is 519 g/mol. The Balaban J connectivity index is 1.08. The van der Waals surface area contributed by atoms with Gasteiger partial charge in [0.15, 0.2) is 0 Å². The summed E-state index contributed by atoms with van der Waals surface area (Å²) >= 11 is 5.87. The number of nitrogens with zero attached hydrogens (tertiary/aromatic N) is 6. The Hall–Kier alpha value is -3.58. The van der Waals surface area contributed by atoms with Crippen LogP contribution in [0.3, 0.4) is 0 Å².